The molecular formula is C17H16ClFN2O2. The molecule has 0 saturated carbocycles. The first-order chi connectivity index (χ1) is 11.1. The second-order valence-electron chi connectivity index (χ2n) is 5.48. The van der Waals surface area contributed by atoms with Crippen molar-refractivity contribution in [3.8, 4) is 5.75 Å². The molecule has 1 saturated heterocycles. The van der Waals surface area contributed by atoms with E-state index < -0.39 is 0 Å². The summed E-state index contributed by atoms with van der Waals surface area (Å²) in [6.45, 7) is 1.17. The summed E-state index contributed by atoms with van der Waals surface area (Å²) >= 11 is 6.02. The third kappa shape index (κ3) is 3.99. The predicted molar refractivity (Wildman–Crippen MR) is 85.0 cm³/mol. The van der Waals surface area contributed by atoms with E-state index in [-0.39, 0.29) is 24.2 Å². The summed E-state index contributed by atoms with van der Waals surface area (Å²) in [6.07, 6.45) is 4.10. The topological polar surface area (TPSA) is 42.4 Å². The molecule has 0 aliphatic carbocycles. The number of benzene rings is 1. The SMILES string of the molecule is O=C(Cc1ccc(F)cc1)N1CC[C@H](Oc2ccncc2Cl)C1. The molecule has 6 heteroatoms. The van der Waals surface area contributed by atoms with Crippen LogP contribution in [0.25, 0.3) is 0 Å². The van der Waals surface area contributed by atoms with E-state index in [4.69, 9.17) is 16.3 Å². The molecule has 1 amide bonds. The number of aromatic nitrogens is 1. The van der Waals surface area contributed by atoms with Gasteiger partial charge in [0.1, 0.15) is 22.7 Å². The number of carbonyl (C=O) groups excluding carboxylic acids is 1. The van der Waals surface area contributed by atoms with Crippen LogP contribution in [0, 0.1) is 5.82 Å². The third-order valence-corrected chi connectivity index (χ3v) is 4.08. The monoisotopic (exact) mass is 334 g/mol. The number of hydrogen-bond acceptors (Lipinski definition) is 3. The zero-order valence-corrected chi connectivity index (χ0v) is 13.2. The largest absolute Gasteiger partial charge is 0.487 e. The first kappa shape index (κ1) is 15.7. The van der Waals surface area contributed by atoms with E-state index in [1.807, 2.05) is 0 Å². The van der Waals surface area contributed by atoms with Crippen LogP contribution in [-0.4, -0.2) is 35.0 Å². The van der Waals surface area contributed by atoms with E-state index in [1.54, 1.807) is 29.3 Å². The van der Waals surface area contributed by atoms with Gasteiger partial charge in [0.05, 0.1) is 13.0 Å². The van der Waals surface area contributed by atoms with Gasteiger partial charge < -0.3 is 9.64 Å². The van der Waals surface area contributed by atoms with Gasteiger partial charge in [0.2, 0.25) is 5.91 Å². The van der Waals surface area contributed by atoms with Crippen molar-refractivity contribution in [2.45, 2.75) is 18.9 Å². The van der Waals surface area contributed by atoms with Crippen LogP contribution in [0.15, 0.2) is 42.7 Å². The van der Waals surface area contributed by atoms with Crippen molar-refractivity contribution in [1.82, 2.24) is 9.88 Å². The molecule has 1 fully saturated rings. The first-order valence-electron chi connectivity index (χ1n) is 7.40. The molecule has 0 N–H and O–H groups in total. The Hall–Kier alpha value is -2.14. The lowest BCUT2D eigenvalue weighted by Crippen LogP contribution is -2.32. The van der Waals surface area contributed by atoms with Crippen molar-refractivity contribution in [3.63, 3.8) is 0 Å². The average molecular weight is 335 g/mol. The lowest BCUT2D eigenvalue weighted by atomic mass is 10.1. The lowest BCUT2D eigenvalue weighted by molar-refractivity contribution is -0.129. The first-order valence-corrected chi connectivity index (χ1v) is 7.78. The van der Waals surface area contributed by atoms with Crippen molar-refractivity contribution >= 4 is 17.5 Å². The molecule has 2 heterocycles. The Labute approximate surface area is 138 Å². The molecule has 4 nitrogen and oxygen atoms in total. The molecular weight excluding hydrogens is 319 g/mol. The van der Waals surface area contributed by atoms with Gasteiger partial charge in [-0.2, -0.15) is 0 Å². The van der Waals surface area contributed by atoms with Crippen LogP contribution < -0.4 is 4.74 Å². The smallest absolute Gasteiger partial charge is 0.227 e. The highest BCUT2D eigenvalue weighted by Crippen LogP contribution is 2.25. The van der Waals surface area contributed by atoms with Gasteiger partial charge in [0.25, 0.3) is 0 Å². The molecule has 1 aliphatic heterocycles. The second-order valence-corrected chi connectivity index (χ2v) is 5.88. The van der Waals surface area contributed by atoms with Crippen LogP contribution in [-0.2, 0) is 11.2 Å². The Bertz CT molecular complexity index is 693. The van der Waals surface area contributed by atoms with E-state index >= 15 is 0 Å². The van der Waals surface area contributed by atoms with E-state index in [0.717, 1.165) is 12.0 Å². The van der Waals surface area contributed by atoms with Crippen LogP contribution in [0.2, 0.25) is 5.02 Å². The molecule has 1 aliphatic rings. The Balaban J connectivity index is 1.55. The van der Waals surface area contributed by atoms with Crippen LogP contribution in [0.4, 0.5) is 4.39 Å². The highest BCUT2D eigenvalue weighted by atomic mass is 35.5. The van der Waals surface area contributed by atoms with Gasteiger partial charge in [0.15, 0.2) is 0 Å². The number of likely N-dealkylation sites (tertiary alicyclic amines) is 1. The van der Waals surface area contributed by atoms with E-state index in [1.165, 1.54) is 18.3 Å². The molecule has 3 rings (SSSR count). The highest BCUT2D eigenvalue weighted by molar-refractivity contribution is 6.31. The number of amides is 1. The zero-order valence-electron chi connectivity index (χ0n) is 12.4. The fraction of sp³-hybridized carbons (Fsp3) is 0.294. The molecule has 2 aromatic rings. The summed E-state index contributed by atoms with van der Waals surface area (Å²) < 4.78 is 18.7. The fourth-order valence-corrected chi connectivity index (χ4v) is 2.74. The number of halogens is 2. The summed E-state index contributed by atoms with van der Waals surface area (Å²) in [7, 11) is 0. The summed E-state index contributed by atoms with van der Waals surface area (Å²) in [5.74, 6) is 0.299. The molecule has 120 valence electrons. The molecule has 0 unspecified atom stereocenters. The molecule has 0 radical (unpaired) electrons. The van der Waals surface area contributed by atoms with Crippen molar-refractivity contribution in [2.24, 2.45) is 0 Å². The van der Waals surface area contributed by atoms with Gasteiger partial charge in [-0.25, -0.2) is 4.39 Å². The van der Waals surface area contributed by atoms with Gasteiger partial charge >= 0.3 is 0 Å². The highest BCUT2D eigenvalue weighted by Gasteiger charge is 2.27. The van der Waals surface area contributed by atoms with Gasteiger partial charge in [0, 0.05) is 31.4 Å². The van der Waals surface area contributed by atoms with Crippen LogP contribution in [0.1, 0.15) is 12.0 Å². The quantitative estimate of drug-likeness (QED) is 0.863. The Morgan fingerprint density at radius 1 is 1.35 bits per heavy atom. The maximum atomic E-state index is 12.9. The molecule has 0 spiro atoms. The van der Waals surface area contributed by atoms with Crippen molar-refractivity contribution in [1.29, 1.82) is 0 Å². The minimum Gasteiger partial charge on any atom is -0.487 e. The number of rotatable bonds is 4. The van der Waals surface area contributed by atoms with Crippen LogP contribution in [0.3, 0.4) is 0 Å². The van der Waals surface area contributed by atoms with Crippen molar-refractivity contribution in [2.75, 3.05) is 13.1 Å². The fourth-order valence-electron chi connectivity index (χ4n) is 2.58. The maximum Gasteiger partial charge on any atom is 0.227 e. The van der Waals surface area contributed by atoms with Crippen molar-refractivity contribution in [3.05, 3.63) is 59.1 Å². The van der Waals surface area contributed by atoms with Gasteiger partial charge in [-0.05, 0) is 17.7 Å². The molecule has 1 aromatic heterocycles. The van der Waals surface area contributed by atoms with Gasteiger partial charge in [-0.3, -0.25) is 9.78 Å². The molecule has 1 atom stereocenters. The second kappa shape index (κ2) is 6.96. The average Bonchev–Trinajstić information content (AvgIpc) is 3.01. The van der Waals surface area contributed by atoms with Crippen LogP contribution in [0.5, 0.6) is 5.75 Å². The lowest BCUT2D eigenvalue weighted by Gasteiger charge is -2.17. The Kier molecular flexibility index (Phi) is 4.76. The predicted octanol–water partition coefficient (Wildman–Crippen LogP) is 3.10. The number of pyridine rings is 1. The van der Waals surface area contributed by atoms with E-state index in [2.05, 4.69) is 4.98 Å². The van der Waals surface area contributed by atoms with Crippen LogP contribution >= 0.6 is 11.6 Å². The van der Waals surface area contributed by atoms with E-state index in [0.29, 0.717) is 23.9 Å². The molecule has 1 aromatic carbocycles. The maximum absolute atomic E-state index is 12.9. The van der Waals surface area contributed by atoms with E-state index in [9.17, 15) is 9.18 Å². The Morgan fingerprint density at radius 2 is 2.13 bits per heavy atom. The minimum absolute atomic E-state index is 0.0172. The number of nitrogens with zero attached hydrogens (tertiary/aromatic N) is 2. The minimum atomic E-state index is -0.301. The molecule has 0 bridgehead atoms. The normalized spacial score (nSPS) is 17.3. The Morgan fingerprint density at radius 3 is 2.87 bits per heavy atom. The summed E-state index contributed by atoms with van der Waals surface area (Å²) in [6, 6.07) is 7.71. The van der Waals surface area contributed by atoms with Gasteiger partial charge in [-0.15, -0.1) is 0 Å². The summed E-state index contributed by atoms with van der Waals surface area (Å²) in [4.78, 5) is 18.0. The number of hydrogen-bond donors (Lipinski definition) is 0. The summed E-state index contributed by atoms with van der Waals surface area (Å²) in [5, 5.41) is 0.462. The third-order valence-electron chi connectivity index (χ3n) is 3.80. The number of ether oxygens (including phenoxy) is 1. The van der Waals surface area contributed by atoms with Gasteiger partial charge in [-0.1, -0.05) is 23.7 Å². The molecule has 23 heavy (non-hydrogen) atoms. The summed E-state index contributed by atoms with van der Waals surface area (Å²) in [5.41, 5.74) is 0.804. The zero-order chi connectivity index (χ0) is 16.2. The van der Waals surface area contributed by atoms with Crippen molar-refractivity contribution < 1.29 is 13.9 Å². The number of carbonyl (C=O) groups is 1. The standard InChI is InChI=1S/C17H16ClFN2O2/c18-15-10-20-7-5-16(15)23-14-6-8-21(11-14)17(22)9-12-1-3-13(19)4-2-12/h1-5,7,10,14H,6,8-9,11H2/t14-/m0/s1.